The summed E-state index contributed by atoms with van der Waals surface area (Å²) in [5, 5.41) is 8.06. The molecule has 4 rings (SSSR count). The molecule has 8 heteroatoms. The molecule has 0 aliphatic heterocycles. The predicted octanol–water partition coefficient (Wildman–Crippen LogP) is 5.58. The van der Waals surface area contributed by atoms with Crippen LogP contribution >= 0.6 is 0 Å². The minimum absolute atomic E-state index is 0.0509. The average molecular weight is 516 g/mol. The molecule has 0 heterocycles. The molecule has 0 bridgehead atoms. The van der Waals surface area contributed by atoms with E-state index >= 15 is 0 Å². The zero-order chi connectivity index (χ0) is 27.3. The SMILES string of the molecule is C[C@H](NC(=O)OCC1c2ccccc2-c2ccccc21)C(=O)NCc1ccc(NC(=O)OC(C)(C)C)cc1. The Bertz CT molecular complexity index is 1270. The maximum Gasteiger partial charge on any atom is 0.412 e. The van der Waals surface area contributed by atoms with Gasteiger partial charge in [-0.2, -0.15) is 0 Å². The number of anilines is 1. The Morgan fingerprint density at radius 3 is 2.00 bits per heavy atom. The van der Waals surface area contributed by atoms with Crippen molar-refractivity contribution in [2.45, 2.75) is 51.8 Å². The molecule has 1 atom stereocenters. The van der Waals surface area contributed by atoms with E-state index in [9.17, 15) is 14.4 Å². The Morgan fingerprint density at radius 2 is 1.42 bits per heavy atom. The summed E-state index contributed by atoms with van der Waals surface area (Å²) in [7, 11) is 0. The number of alkyl carbamates (subject to hydrolysis) is 1. The zero-order valence-corrected chi connectivity index (χ0v) is 22.0. The standard InChI is InChI=1S/C30H33N3O5/c1-19(27(34)31-17-20-13-15-21(16-14-20)33-29(36)38-30(2,3)4)32-28(35)37-18-26-24-11-7-5-9-22(24)23-10-6-8-12-25(23)26/h5-16,19,26H,17-18H2,1-4H3,(H,31,34)(H,32,35)(H,33,36)/t19-/m0/s1. The Morgan fingerprint density at radius 1 is 0.842 bits per heavy atom. The normalized spacial score (nSPS) is 13.1. The molecule has 38 heavy (non-hydrogen) atoms. The van der Waals surface area contributed by atoms with Crippen molar-refractivity contribution < 1.29 is 23.9 Å². The first-order valence-electron chi connectivity index (χ1n) is 12.6. The second kappa shape index (κ2) is 11.4. The van der Waals surface area contributed by atoms with E-state index in [1.54, 1.807) is 52.0 Å². The molecule has 0 saturated heterocycles. The topological polar surface area (TPSA) is 106 Å². The summed E-state index contributed by atoms with van der Waals surface area (Å²) in [6.07, 6.45) is -1.18. The molecule has 0 fully saturated rings. The minimum atomic E-state index is -0.779. The number of fused-ring (bicyclic) bond motifs is 3. The lowest BCUT2D eigenvalue weighted by Gasteiger charge is -2.19. The fourth-order valence-corrected chi connectivity index (χ4v) is 4.35. The fourth-order valence-electron chi connectivity index (χ4n) is 4.35. The highest BCUT2D eigenvalue weighted by atomic mass is 16.6. The Hall–Kier alpha value is -4.33. The maximum absolute atomic E-state index is 12.5. The fraction of sp³-hybridized carbons (Fsp3) is 0.300. The van der Waals surface area contributed by atoms with Gasteiger partial charge in [-0.25, -0.2) is 9.59 Å². The Balaban J connectivity index is 1.23. The number of nitrogens with one attached hydrogen (secondary N) is 3. The average Bonchev–Trinajstić information content (AvgIpc) is 3.19. The summed E-state index contributed by atoms with van der Waals surface area (Å²) < 4.78 is 10.8. The molecule has 1 aliphatic carbocycles. The first-order chi connectivity index (χ1) is 18.1. The van der Waals surface area contributed by atoms with Crippen molar-refractivity contribution >= 4 is 23.8 Å². The number of carbonyl (C=O) groups excluding carboxylic acids is 3. The monoisotopic (exact) mass is 515 g/mol. The largest absolute Gasteiger partial charge is 0.449 e. The van der Waals surface area contributed by atoms with E-state index < -0.39 is 23.8 Å². The van der Waals surface area contributed by atoms with Crippen molar-refractivity contribution in [3.05, 3.63) is 89.5 Å². The molecular weight excluding hydrogens is 482 g/mol. The van der Waals surface area contributed by atoms with E-state index in [1.165, 1.54) is 0 Å². The summed E-state index contributed by atoms with van der Waals surface area (Å²) in [4.78, 5) is 36.9. The maximum atomic E-state index is 12.5. The van der Waals surface area contributed by atoms with Gasteiger partial charge in [0.15, 0.2) is 0 Å². The van der Waals surface area contributed by atoms with E-state index in [0.717, 1.165) is 27.8 Å². The van der Waals surface area contributed by atoms with E-state index in [0.29, 0.717) is 5.69 Å². The second-order valence-corrected chi connectivity index (χ2v) is 10.2. The van der Waals surface area contributed by atoms with Crippen LogP contribution < -0.4 is 16.0 Å². The van der Waals surface area contributed by atoms with Crippen LogP contribution in [0.25, 0.3) is 11.1 Å². The van der Waals surface area contributed by atoms with Crippen LogP contribution in [0, 0.1) is 0 Å². The van der Waals surface area contributed by atoms with Crippen LogP contribution in [-0.2, 0) is 20.8 Å². The van der Waals surface area contributed by atoms with Gasteiger partial charge in [-0.3, -0.25) is 10.1 Å². The number of benzene rings is 3. The van der Waals surface area contributed by atoms with Crippen molar-refractivity contribution in [2.75, 3.05) is 11.9 Å². The quantitative estimate of drug-likeness (QED) is 0.381. The third-order valence-electron chi connectivity index (χ3n) is 6.14. The molecule has 3 aromatic rings. The van der Waals surface area contributed by atoms with Crippen LogP contribution in [0.3, 0.4) is 0 Å². The molecular formula is C30H33N3O5. The third kappa shape index (κ3) is 6.70. The summed E-state index contributed by atoms with van der Waals surface area (Å²) in [6, 6.07) is 22.5. The Labute approximate surface area is 222 Å². The van der Waals surface area contributed by atoms with E-state index in [-0.39, 0.29) is 25.0 Å². The summed E-state index contributed by atoms with van der Waals surface area (Å²) >= 11 is 0. The summed E-state index contributed by atoms with van der Waals surface area (Å²) in [5.74, 6) is -0.389. The first-order valence-corrected chi connectivity index (χ1v) is 12.6. The van der Waals surface area contributed by atoms with Crippen LogP contribution in [0.1, 0.15) is 50.3 Å². The molecule has 198 valence electrons. The highest BCUT2D eigenvalue weighted by Gasteiger charge is 2.29. The first kappa shape index (κ1) is 26.7. The van der Waals surface area contributed by atoms with Gasteiger partial charge in [-0.1, -0.05) is 60.7 Å². The lowest BCUT2D eigenvalue weighted by atomic mass is 9.98. The number of hydrogen-bond acceptors (Lipinski definition) is 5. The summed E-state index contributed by atoms with van der Waals surface area (Å²) in [5.41, 5.74) is 5.39. The van der Waals surface area contributed by atoms with Gasteiger partial charge in [0.2, 0.25) is 5.91 Å². The molecule has 0 aromatic heterocycles. The van der Waals surface area contributed by atoms with Crippen LogP contribution in [0.4, 0.5) is 15.3 Å². The van der Waals surface area contributed by atoms with Crippen molar-refractivity contribution in [1.82, 2.24) is 10.6 Å². The summed E-state index contributed by atoms with van der Waals surface area (Å²) in [6.45, 7) is 7.43. The van der Waals surface area contributed by atoms with Crippen molar-refractivity contribution in [3.8, 4) is 11.1 Å². The van der Waals surface area contributed by atoms with Crippen molar-refractivity contribution in [1.29, 1.82) is 0 Å². The highest BCUT2D eigenvalue weighted by Crippen LogP contribution is 2.44. The molecule has 3 aromatic carbocycles. The number of rotatable bonds is 7. The molecule has 3 amide bonds. The molecule has 0 radical (unpaired) electrons. The molecule has 0 spiro atoms. The van der Waals surface area contributed by atoms with E-state index in [2.05, 4.69) is 40.2 Å². The van der Waals surface area contributed by atoms with Gasteiger partial charge in [0.05, 0.1) is 0 Å². The molecule has 0 unspecified atom stereocenters. The smallest absolute Gasteiger partial charge is 0.412 e. The van der Waals surface area contributed by atoms with E-state index in [1.807, 2.05) is 24.3 Å². The van der Waals surface area contributed by atoms with Crippen LogP contribution in [0.2, 0.25) is 0 Å². The lowest BCUT2D eigenvalue weighted by molar-refractivity contribution is -0.122. The number of ether oxygens (including phenoxy) is 2. The van der Waals surface area contributed by atoms with Gasteiger partial charge < -0.3 is 20.1 Å². The van der Waals surface area contributed by atoms with Gasteiger partial charge in [-0.05, 0) is 67.6 Å². The number of carbonyl (C=O) groups is 3. The molecule has 3 N–H and O–H groups in total. The van der Waals surface area contributed by atoms with Gasteiger partial charge in [0, 0.05) is 18.2 Å². The molecule has 1 aliphatic rings. The number of amides is 3. The molecule has 0 saturated carbocycles. The van der Waals surface area contributed by atoms with Gasteiger partial charge in [0.1, 0.15) is 18.2 Å². The van der Waals surface area contributed by atoms with Crippen molar-refractivity contribution in [3.63, 3.8) is 0 Å². The van der Waals surface area contributed by atoms with Crippen molar-refractivity contribution in [2.24, 2.45) is 0 Å². The van der Waals surface area contributed by atoms with Gasteiger partial charge >= 0.3 is 12.2 Å². The van der Waals surface area contributed by atoms with Crippen LogP contribution in [0.5, 0.6) is 0 Å². The molecule has 8 nitrogen and oxygen atoms in total. The minimum Gasteiger partial charge on any atom is -0.449 e. The van der Waals surface area contributed by atoms with Crippen LogP contribution in [0.15, 0.2) is 72.8 Å². The van der Waals surface area contributed by atoms with Crippen LogP contribution in [-0.4, -0.2) is 36.3 Å². The highest BCUT2D eigenvalue weighted by molar-refractivity contribution is 5.86. The third-order valence-corrected chi connectivity index (χ3v) is 6.14. The van der Waals surface area contributed by atoms with Gasteiger partial charge in [-0.15, -0.1) is 0 Å². The zero-order valence-electron chi connectivity index (χ0n) is 22.0. The lowest BCUT2D eigenvalue weighted by Crippen LogP contribution is -2.45. The van der Waals surface area contributed by atoms with Gasteiger partial charge in [0.25, 0.3) is 0 Å². The van der Waals surface area contributed by atoms with E-state index in [4.69, 9.17) is 9.47 Å². The predicted molar refractivity (Wildman–Crippen MR) is 146 cm³/mol. The Kier molecular flexibility index (Phi) is 8.00. The second-order valence-electron chi connectivity index (χ2n) is 10.2. The number of hydrogen-bond donors (Lipinski definition) is 3.